The largest absolute Gasteiger partial charge is 0.465 e. The third kappa shape index (κ3) is 7.66. The van der Waals surface area contributed by atoms with Crippen LogP contribution in [0.4, 0.5) is 0 Å². The summed E-state index contributed by atoms with van der Waals surface area (Å²) in [6.07, 6.45) is -0.250. The summed E-state index contributed by atoms with van der Waals surface area (Å²) in [5.41, 5.74) is 0. The summed E-state index contributed by atoms with van der Waals surface area (Å²) in [5, 5.41) is 8.83. The summed E-state index contributed by atoms with van der Waals surface area (Å²) < 4.78 is 9.83. The highest BCUT2D eigenvalue weighted by Crippen LogP contribution is 2.08. The van der Waals surface area contributed by atoms with E-state index in [9.17, 15) is 9.59 Å². The Bertz CT molecular complexity index is 317. The summed E-state index contributed by atoms with van der Waals surface area (Å²) in [7, 11) is 0. The smallest absolute Gasteiger partial charge is 0.323 e. The molecule has 1 atom stereocenters. The molecule has 18 heavy (non-hydrogen) atoms. The van der Waals surface area contributed by atoms with Crippen molar-refractivity contribution in [3.8, 4) is 6.07 Å². The number of nitriles is 1. The molecule has 0 aliphatic carbocycles. The van der Waals surface area contributed by atoms with Gasteiger partial charge in [0.2, 0.25) is 0 Å². The molecule has 0 heterocycles. The van der Waals surface area contributed by atoms with E-state index in [1.165, 1.54) is 0 Å². The lowest BCUT2D eigenvalue weighted by atomic mass is 10.1. The molecule has 1 unspecified atom stereocenters. The second-order valence-electron chi connectivity index (χ2n) is 4.99. The number of nitrogens with zero attached hydrogens (tertiary/aromatic N) is 1. The van der Waals surface area contributed by atoms with Crippen molar-refractivity contribution in [2.45, 2.75) is 34.1 Å². The van der Waals surface area contributed by atoms with Crippen LogP contribution in [0.25, 0.3) is 0 Å². The molecule has 0 saturated carbocycles. The topological polar surface area (TPSA) is 76.4 Å². The Kier molecular flexibility index (Phi) is 7.77. The molecular weight excluding hydrogens is 234 g/mol. The minimum atomic E-state index is -1.08. The lowest BCUT2D eigenvalue weighted by molar-refractivity contribution is -0.154. The summed E-state index contributed by atoms with van der Waals surface area (Å²) in [5.74, 6) is -1.86. The Morgan fingerprint density at radius 2 is 1.56 bits per heavy atom. The maximum Gasteiger partial charge on any atom is 0.323 e. The average molecular weight is 255 g/mol. The predicted octanol–water partition coefficient (Wildman–Crippen LogP) is 1.91. The van der Waals surface area contributed by atoms with Crippen molar-refractivity contribution in [3.63, 3.8) is 0 Å². The van der Waals surface area contributed by atoms with Crippen molar-refractivity contribution >= 4 is 11.9 Å². The number of rotatable bonds is 7. The van der Waals surface area contributed by atoms with Crippen molar-refractivity contribution in [1.82, 2.24) is 0 Å². The molecular formula is C13H21NO4. The molecule has 0 aromatic rings. The molecule has 0 amide bonds. The van der Waals surface area contributed by atoms with E-state index < -0.39 is 17.9 Å². The van der Waals surface area contributed by atoms with Gasteiger partial charge in [-0.2, -0.15) is 5.26 Å². The Morgan fingerprint density at radius 3 is 2.00 bits per heavy atom. The number of ether oxygens (including phenoxy) is 2. The summed E-state index contributed by atoms with van der Waals surface area (Å²) in [4.78, 5) is 22.9. The van der Waals surface area contributed by atoms with Crippen LogP contribution in [0.2, 0.25) is 0 Å². The van der Waals surface area contributed by atoms with Gasteiger partial charge in [0.05, 0.1) is 25.7 Å². The zero-order valence-corrected chi connectivity index (χ0v) is 11.4. The SMILES string of the molecule is CC(C)COC(=O)CC(C#N)C(=O)OCC(C)C. The lowest BCUT2D eigenvalue weighted by Crippen LogP contribution is -2.23. The van der Waals surface area contributed by atoms with Gasteiger partial charge in [0.1, 0.15) is 0 Å². The number of carbonyl (C=O) groups is 2. The van der Waals surface area contributed by atoms with Crippen LogP contribution in [0.5, 0.6) is 0 Å². The maximum absolute atomic E-state index is 11.5. The van der Waals surface area contributed by atoms with Crippen molar-refractivity contribution in [3.05, 3.63) is 0 Å². The first-order valence-electron chi connectivity index (χ1n) is 6.08. The Morgan fingerprint density at radius 1 is 1.06 bits per heavy atom. The van der Waals surface area contributed by atoms with E-state index in [0.29, 0.717) is 0 Å². The number of hydrogen-bond acceptors (Lipinski definition) is 5. The van der Waals surface area contributed by atoms with Gasteiger partial charge >= 0.3 is 11.9 Å². The van der Waals surface area contributed by atoms with Crippen molar-refractivity contribution in [2.24, 2.45) is 17.8 Å². The van der Waals surface area contributed by atoms with E-state index in [2.05, 4.69) is 0 Å². The fourth-order valence-electron chi connectivity index (χ4n) is 1.02. The zero-order chi connectivity index (χ0) is 14.1. The Hall–Kier alpha value is -1.57. The summed E-state index contributed by atoms with van der Waals surface area (Å²) in [6, 6.07) is 1.77. The second kappa shape index (κ2) is 8.51. The van der Waals surface area contributed by atoms with Crippen molar-refractivity contribution in [2.75, 3.05) is 13.2 Å². The standard InChI is InChI=1S/C13H21NO4/c1-9(2)7-17-12(15)5-11(6-14)13(16)18-8-10(3)4/h9-11H,5,7-8H2,1-4H3. The molecule has 0 N–H and O–H groups in total. The van der Waals surface area contributed by atoms with Crippen LogP contribution < -0.4 is 0 Å². The first-order chi connectivity index (χ1) is 8.36. The first kappa shape index (κ1) is 16.4. The predicted molar refractivity (Wildman–Crippen MR) is 65.3 cm³/mol. The number of hydrogen-bond donors (Lipinski definition) is 0. The number of carbonyl (C=O) groups excluding carboxylic acids is 2. The number of esters is 2. The second-order valence-corrected chi connectivity index (χ2v) is 4.99. The van der Waals surface area contributed by atoms with Gasteiger partial charge in [-0.25, -0.2) is 0 Å². The fraction of sp³-hybridized carbons (Fsp3) is 0.769. The third-order valence-corrected chi connectivity index (χ3v) is 1.95. The molecule has 0 spiro atoms. The molecule has 0 fully saturated rings. The Balaban J connectivity index is 4.14. The van der Waals surface area contributed by atoms with Crippen molar-refractivity contribution in [1.29, 1.82) is 5.26 Å². The highest BCUT2D eigenvalue weighted by atomic mass is 16.5. The monoisotopic (exact) mass is 255 g/mol. The van der Waals surface area contributed by atoms with Crippen molar-refractivity contribution < 1.29 is 19.1 Å². The van der Waals surface area contributed by atoms with E-state index in [1.807, 2.05) is 27.7 Å². The van der Waals surface area contributed by atoms with Gasteiger partial charge in [-0.15, -0.1) is 0 Å². The van der Waals surface area contributed by atoms with Gasteiger partial charge in [0, 0.05) is 0 Å². The van der Waals surface area contributed by atoms with Crippen LogP contribution >= 0.6 is 0 Å². The van der Waals surface area contributed by atoms with Crippen LogP contribution in [-0.4, -0.2) is 25.2 Å². The summed E-state index contributed by atoms with van der Waals surface area (Å²) in [6.45, 7) is 8.14. The minimum absolute atomic E-state index is 0.196. The van der Waals surface area contributed by atoms with Gasteiger partial charge in [-0.1, -0.05) is 27.7 Å². The molecule has 0 aromatic carbocycles. The first-order valence-corrected chi connectivity index (χ1v) is 6.08. The van der Waals surface area contributed by atoms with Gasteiger partial charge in [-0.3, -0.25) is 9.59 Å². The Labute approximate surface area is 108 Å². The zero-order valence-electron chi connectivity index (χ0n) is 11.4. The van der Waals surface area contributed by atoms with E-state index >= 15 is 0 Å². The lowest BCUT2D eigenvalue weighted by Gasteiger charge is -2.11. The van der Waals surface area contributed by atoms with Crippen LogP contribution in [0.15, 0.2) is 0 Å². The molecule has 0 saturated heterocycles. The highest BCUT2D eigenvalue weighted by Gasteiger charge is 2.24. The van der Waals surface area contributed by atoms with Crippen LogP contribution in [0.1, 0.15) is 34.1 Å². The molecule has 0 rings (SSSR count). The molecule has 0 aliphatic heterocycles. The molecule has 102 valence electrons. The normalized spacial score (nSPS) is 12.1. The van der Waals surface area contributed by atoms with Crippen LogP contribution in [0, 0.1) is 29.1 Å². The van der Waals surface area contributed by atoms with Gasteiger partial charge < -0.3 is 9.47 Å². The van der Waals surface area contributed by atoms with Crippen LogP contribution in [-0.2, 0) is 19.1 Å². The van der Waals surface area contributed by atoms with Crippen LogP contribution in [0.3, 0.4) is 0 Å². The van der Waals surface area contributed by atoms with E-state index in [-0.39, 0.29) is 31.5 Å². The quantitative estimate of drug-likeness (QED) is 0.649. The third-order valence-electron chi connectivity index (χ3n) is 1.95. The molecule has 5 nitrogen and oxygen atoms in total. The molecule has 0 bridgehead atoms. The fourth-order valence-corrected chi connectivity index (χ4v) is 1.02. The average Bonchev–Trinajstić information content (AvgIpc) is 2.30. The maximum atomic E-state index is 11.5. The molecule has 0 aliphatic rings. The van der Waals surface area contributed by atoms with Gasteiger partial charge in [0.15, 0.2) is 5.92 Å². The molecule has 0 radical (unpaired) electrons. The van der Waals surface area contributed by atoms with E-state index in [1.54, 1.807) is 6.07 Å². The molecule has 5 heteroatoms. The van der Waals surface area contributed by atoms with Gasteiger partial charge in [0.25, 0.3) is 0 Å². The summed E-state index contributed by atoms with van der Waals surface area (Å²) >= 11 is 0. The highest BCUT2D eigenvalue weighted by molar-refractivity contribution is 5.82. The van der Waals surface area contributed by atoms with E-state index in [0.717, 1.165) is 0 Å². The minimum Gasteiger partial charge on any atom is -0.465 e. The van der Waals surface area contributed by atoms with E-state index in [4.69, 9.17) is 14.7 Å². The van der Waals surface area contributed by atoms with Gasteiger partial charge in [-0.05, 0) is 11.8 Å². The molecule has 0 aromatic heterocycles.